The summed E-state index contributed by atoms with van der Waals surface area (Å²) in [5.41, 5.74) is 0.440. The summed E-state index contributed by atoms with van der Waals surface area (Å²) >= 11 is 7.22. The summed E-state index contributed by atoms with van der Waals surface area (Å²) < 4.78 is 5.60. The average molecular weight is 325 g/mol. The number of hydrogen-bond acceptors (Lipinski definition) is 4. The molecule has 0 saturated carbocycles. The first-order valence-electron chi connectivity index (χ1n) is 6.72. The second kappa shape index (κ2) is 7.43. The molecule has 0 unspecified atom stereocenters. The van der Waals surface area contributed by atoms with Gasteiger partial charge in [0.05, 0.1) is 0 Å². The van der Waals surface area contributed by atoms with E-state index in [1.807, 2.05) is 13.8 Å². The summed E-state index contributed by atoms with van der Waals surface area (Å²) in [7, 11) is 0. The fraction of sp³-hybridized carbons (Fsp3) is 0.333. The van der Waals surface area contributed by atoms with Crippen molar-refractivity contribution in [3.63, 3.8) is 0 Å². The molecule has 1 amide bonds. The number of carbonyl (C=O) groups excluding carboxylic acids is 1. The molecule has 0 aliphatic rings. The lowest BCUT2D eigenvalue weighted by Crippen LogP contribution is -2.32. The Morgan fingerprint density at radius 3 is 2.81 bits per heavy atom. The molecule has 1 aromatic heterocycles. The largest absolute Gasteiger partial charge is 0.486 e. The number of carbonyl (C=O) groups is 1. The van der Waals surface area contributed by atoms with Gasteiger partial charge in [0.15, 0.2) is 0 Å². The summed E-state index contributed by atoms with van der Waals surface area (Å²) in [5.74, 6) is 0.582. The lowest BCUT2D eigenvalue weighted by molar-refractivity contribution is 0.0934. The number of nitrogens with one attached hydrogen (secondary N) is 1. The maximum absolute atomic E-state index is 11.9. The Morgan fingerprint density at radius 2 is 2.14 bits per heavy atom. The predicted octanol–water partition coefficient (Wildman–Crippen LogP) is 3.90. The number of benzene rings is 1. The number of amides is 1. The van der Waals surface area contributed by atoms with Crippen LogP contribution in [0.5, 0.6) is 5.75 Å². The number of aromatic nitrogens is 1. The maximum atomic E-state index is 11.9. The van der Waals surface area contributed by atoms with Crippen LogP contribution in [0.15, 0.2) is 29.6 Å². The summed E-state index contributed by atoms with van der Waals surface area (Å²) in [4.78, 5) is 16.2. The van der Waals surface area contributed by atoms with Crippen LogP contribution in [0.2, 0.25) is 5.02 Å². The van der Waals surface area contributed by atoms with E-state index in [0.717, 1.165) is 17.2 Å². The quantitative estimate of drug-likeness (QED) is 0.876. The maximum Gasteiger partial charge on any atom is 0.270 e. The molecule has 4 nitrogen and oxygen atoms in total. The van der Waals surface area contributed by atoms with E-state index < -0.39 is 0 Å². The van der Waals surface area contributed by atoms with Crippen LogP contribution in [-0.4, -0.2) is 16.9 Å². The Hall–Kier alpha value is -1.59. The lowest BCUT2D eigenvalue weighted by Gasteiger charge is -2.09. The molecule has 2 aromatic rings. The summed E-state index contributed by atoms with van der Waals surface area (Å²) in [5, 5.41) is 6.07. The molecule has 0 aliphatic heterocycles. The molecule has 0 aliphatic carbocycles. The molecule has 1 atom stereocenters. The standard InChI is InChI=1S/C15H17ClN2O2S/c1-3-10(2)17-15(19)13-9-21-14(18-13)8-20-12-6-4-11(16)5-7-12/h4-7,9-10H,3,8H2,1-2H3,(H,17,19)/t10-/m0/s1. The monoisotopic (exact) mass is 324 g/mol. The highest BCUT2D eigenvalue weighted by Crippen LogP contribution is 2.18. The van der Waals surface area contributed by atoms with Gasteiger partial charge in [-0.1, -0.05) is 18.5 Å². The van der Waals surface area contributed by atoms with Crippen molar-refractivity contribution < 1.29 is 9.53 Å². The van der Waals surface area contributed by atoms with E-state index in [-0.39, 0.29) is 11.9 Å². The smallest absolute Gasteiger partial charge is 0.270 e. The van der Waals surface area contributed by atoms with Gasteiger partial charge in [0.2, 0.25) is 0 Å². The zero-order chi connectivity index (χ0) is 15.2. The van der Waals surface area contributed by atoms with Crippen LogP contribution in [0.25, 0.3) is 0 Å². The van der Waals surface area contributed by atoms with Crippen molar-refractivity contribution >= 4 is 28.8 Å². The zero-order valence-electron chi connectivity index (χ0n) is 11.9. The minimum absolute atomic E-state index is 0.140. The number of halogens is 1. The van der Waals surface area contributed by atoms with E-state index in [2.05, 4.69) is 10.3 Å². The normalized spacial score (nSPS) is 12.0. The molecule has 1 aromatic carbocycles. The molecule has 0 spiro atoms. The number of hydrogen-bond donors (Lipinski definition) is 1. The molecule has 0 bridgehead atoms. The molecule has 0 radical (unpaired) electrons. The molecule has 112 valence electrons. The van der Waals surface area contributed by atoms with Gasteiger partial charge in [0, 0.05) is 16.4 Å². The highest BCUT2D eigenvalue weighted by Gasteiger charge is 2.12. The van der Waals surface area contributed by atoms with E-state index in [4.69, 9.17) is 16.3 Å². The second-order valence-electron chi connectivity index (χ2n) is 4.65. The van der Waals surface area contributed by atoms with Crippen LogP contribution in [0.1, 0.15) is 35.8 Å². The van der Waals surface area contributed by atoms with Crippen molar-refractivity contribution in [2.45, 2.75) is 32.9 Å². The molecular formula is C15H17ClN2O2S. The first-order chi connectivity index (χ1) is 10.1. The summed E-state index contributed by atoms with van der Waals surface area (Å²) in [6.07, 6.45) is 0.891. The highest BCUT2D eigenvalue weighted by atomic mass is 35.5. The predicted molar refractivity (Wildman–Crippen MR) is 85.1 cm³/mol. The van der Waals surface area contributed by atoms with Gasteiger partial charge in [0.1, 0.15) is 23.1 Å². The van der Waals surface area contributed by atoms with Gasteiger partial charge in [-0.15, -0.1) is 11.3 Å². The van der Waals surface area contributed by atoms with Crippen molar-refractivity contribution in [2.24, 2.45) is 0 Å². The Balaban J connectivity index is 1.91. The van der Waals surface area contributed by atoms with Gasteiger partial charge >= 0.3 is 0 Å². The van der Waals surface area contributed by atoms with Crippen LogP contribution >= 0.6 is 22.9 Å². The molecule has 0 fully saturated rings. The van der Waals surface area contributed by atoms with Crippen molar-refractivity contribution in [1.29, 1.82) is 0 Å². The van der Waals surface area contributed by atoms with E-state index in [0.29, 0.717) is 17.3 Å². The molecule has 2 rings (SSSR count). The van der Waals surface area contributed by atoms with Crippen molar-refractivity contribution in [3.05, 3.63) is 45.4 Å². The van der Waals surface area contributed by atoms with Gasteiger partial charge in [-0.2, -0.15) is 0 Å². The van der Waals surface area contributed by atoms with E-state index in [9.17, 15) is 4.79 Å². The third kappa shape index (κ3) is 4.72. The van der Waals surface area contributed by atoms with Crippen molar-refractivity contribution in [2.75, 3.05) is 0 Å². The summed E-state index contributed by atoms with van der Waals surface area (Å²) in [6, 6.07) is 7.28. The fourth-order valence-electron chi connectivity index (χ4n) is 1.56. The molecular weight excluding hydrogens is 308 g/mol. The number of ether oxygens (including phenoxy) is 1. The molecule has 0 saturated heterocycles. The van der Waals surface area contributed by atoms with Crippen LogP contribution in [0.3, 0.4) is 0 Å². The van der Waals surface area contributed by atoms with Gasteiger partial charge < -0.3 is 10.1 Å². The van der Waals surface area contributed by atoms with Gasteiger partial charge in [-0.05, 0) is 37.6 Å². The number of nitrogens with zero attached hydrogens (tertiary/aromatic N) is 1. The number of thiazole rings is 1. The zero-order valence-corrected chi connectivity index (χ0v) is 13.5. The van der Waals surface area contributed by atoms with E-state index in [1.165, 1.54) is 11.3 Å². The molecule has 6 heteroatoms. The fourth-order valence-corrected chi connectivity index (χ4v) is 2.37. The minimum Gasteiger partial charge on any atom is -0.486 e. The van der Waals surface area contributed by atoms with Crippen LogP contribution in [0, 0.1) is 0 Å². The third-order valence-electron chi connectivity index (χ3n) is 2.95. The minimum atomic E-state index is -0.140. The van der Waals surface area contributed by atoms with Gasteiger partial charge in [0.25, 0.3) is 5.91 Å². The first kappa shape index (κ1) is 15.8. The van der Waals surface area contributed by atoms with E-state index >= 15 is 0 Å². The van der Waals surface area contributed by atoms with Gasteiger partial charge in [-0.3, -0.25) is 4.79 Å². The molecule has 1 N–H and O–H groups in total. The Bertz CT molecular complexity index is 598. The lowest BCUT2D eigenvalue weighted by atomic mass is 10.2. The second-order valence-corrected chi connectivity index (χ2v) is 6.03. The van der Waals surface area contributed by atoms with Crippen LogP contribution < -0.4 is 10.1 Å². The number of rotatable bonds is 6. The summed E-state index contributed by atoms with van der Waals surface area (Å²) in [6.45, 7) is 4.33. The topological polar surface area (TPSA) is 51.2 Å². The van der Waals surface area contributed by atoms with Crippen molar-refractivity contribution in [1.82, 2.24) is 10.3 Å². The van der Waals surface area contributed by atoms with Crippen LogP contribution in [0.4, 0.5) is 0 Å². The van der Waals surface area contributed by atoms with Crippen LogP contribution in [-0.2, 0) is 6.61 Å². The molecule has 1 heterocycles. The molecule has 21 heavy (non-hydrogen) atoms. The van der Waals surface area contributed by atoms with Gasteiger partial charge in [-0.25, -0.2) is 4.98 Å². The average Bonchev–Trinajstić information content (AvgIpc) is 2.95. The van der Waals surface area contributed by atoms with Crippen molar-refractivity contribution in [3.8, 4) is 5.75 Å². The Morgan fingerprint density at radius 1 is 1.43 bits per heavy atom. The Labute approximate surface area is 133 Å². The first-order valence-corrected chi connectivity index (χ1v) is 7.98. The van der Waals surface area contributed by atoms with E-state index in [1.54, 1.807) is 29.6 Å². The highest BCUT2D eigenvalue weighted by molar-refractivity contribution is 7.09. The third-order valence-corrected chi connectivity index (χ3v) is 4.02. The Kier molecular flexibility index (Phi) is 5.59. The SMILES string of the molecule is CC[C@H](C)NC(=O)c1csc(COc2ccc(Cl)cc2)n1.